The van der Waals surface area contributed by atoms with Crippen molar-refractivity contribution in [3.8, 4) is 0 Å². The number of rotatable bonds is 6. The number of carbonyl (C=O) groups is 1. The van der Waals surface area contributed by atoms with Crippen molar-refractivity contribution in [1.82, 2.24) is 5.32 Å². The molecule has 4 heteroatoms. The van der Waals surface area contributed by atoms with Crippen LogP contribution in [0.1, 0.15) is 32.6 Å². The molecule has 14 heavy (non-hydrogen) atoms. The van der Waals surface area contributed by atoms with Gasteiger partial charge in [0, 0.05) is 25.1 Å². The van der Waals surface area contributed by atoms with Crippen molar-refractivity contribution in [2.45, 2.75) is 44.7 Å². The van der Waals surface area contributed by atoms with Crippen LogP contribution in [0.5, 0.6) is 0 Å². The quantitative estimate of drug-likeness (QED) is 0.610. The van der Waals surface area contributed by atoms with Gasteiger partial charge in [-0.3, -0.25) is 4.79 Å². The lowest BCUT2D eigenvalue weighted by Crippen LogP contribution is -2.50. The first-order chi connectivity index (χ1) is 6.72. The molecule has 0 unspecified atom stereocenters. The third kappa shape index (κ3) is 4.07. The molecule has 1 rings (SSSR count). The van der Waals surface area contributed by atoms with E-state index in [9.17, 15) is 4.79 Å². The number of nitrogens with two attached hydrogens (primary N) is 1. The summed E-state index contributed by atoms with van der Waals surface area (Å²) in [6, 6.07) is 0.598. The second-order valence-corrected chi connectivity index (χ2v) is 3.86. The largest absolute Gasteiger partial charge is 0.381 e. The van der Waals surface area contributed by atoms with Crippen molar-refractivity contribution in [1.29, 1.82) is 0 Å². The van der Waals surface area contributed by atoms with Crippen molar-refractivity contribution < 1.29 is 9.53 Å². The predicted octanol–water partition coefficient (Wildman–Crippen LogP) is 0.409. The molecule has 0 aromatic rings. The summed E-state index contributed by atoms with van der Waals surface area (Å²) < 4.78 is 5.22. The van der Waals surface area contributed by atoms with Crippen molar-refractivity contribution in [3.63, 3.8) is 0 Å². The van der Waals surface area contributed by atoms with Crippen LogP contribution < -0.4 is 11.1 Å². The van der Waals surface area contributed by atoms with Crippen molar-refractivity contribution in [2.75, 3.05) is 13.2 Å². The SMILES string of the molecule is CCCOCCC(=O)NC1CC(N)C1. The van der Waals surface area contributed by atoms with Gasteiger partial charge in [-0.1, -0.05) is 6.92 Å². The van der Waals surface area contributed by atoms with Gasteiger partial charge in [-0.2, -0.15) is 0 Å². The molecule has 3 N–H and O–H groups in total. The number of hydrogen-bond acceptors (Lipinski definition) is 3. The average molecular weight is 200 g/mol. The van der Waals surface area contributed by atoms with Crippen LogP contribution in [0.15, 0.2) is 0 Å². The fourth-order valence-corrected chi connectivity index (χ4v) is 1.49. The molecule has 0 aromatic heterocycles. The molecule has 0 aliphatic heterocycles. The van der Waals surface area contributed by atoms with Crippen LogP contribution in [0.25, 0.3) is 0 Å². The van der Waals surface area contributed by atoms with Crippen LogP contribution in [0, 0.1) is 0 Å². The number of hydrogen-bond donors (Lipinski definition) is 2. The van der Waals surface area contributed by atoms with Crippen molar-refractivity contribution in [2.24, 2.45) is 5.73 Å². The van der Waals surface area contributed by atoms with Gasteiger partial charge in [0.25, 0.3) is 0 Å². The first kappa shape index (κ1) is 11.5. The minimum atomic E-state index is 0.0815. The highest BCUT2D eigenvalue weighted by Crippen LogP contribution is 2.17. The van der Waals surface area contributed by atoms with Gasteiger partial charge in [0.05, 0.1) is 6.61 Å². The number of carbonyl (C=O) groups excluding carboxylic acids is 1. The van der Waals surface area contributed by atoms with E-state index in [1.165, 1.54) is 0 Å². The highest BCUT2D eigenvalue weighted by atomic mass is 16.5. The predicted molar refractivity (Wildman–Crippen MR) is 54.9 cm³/mol. The van der Waals surface area contributed by atoms with Crippen LogP contribution in [0.2, 0.25) is 0 Å². The average Bonchev–Trinajstić information content (AvgIpc) is 2.10. The number of ether oxygens (including phenoxy) is 1. The van der Waals surface area contributed by atoms with E-state index in [0.29, 0.717) is 19.1 Å². The van der Waals surface area contributed by atoms with Gasteiger partial charge < -0.3 is 15.8 Å². The summed E-state index contributed by atoms with van der Waals surface area (Å²) in [6.07, 6.45) is 3.30. The lowest BCUT2D eigenvalue weighted by molar-refractivity contribution is -0.123. The van der Waals surface area contributed by atoms with Gasteiger partial charge in [-0.05, 0) is 19.3 Å². The lowest BCUT2D eigenvalue weighted by atomic mass is 9.87. The van der Waals surface area contributed by atoms with E-state index < -0.39 is 0 Å². The molecule has 0 bridgehead atoms. The molecule has 82 valence electrons. The Kier molecular flexibility index (Phi) is 4.90. The van der Waals surface area contributed by atoms with E-state index >= 15 is 0 Å². The topological polar surface area (TPSA) is 64.3 Å². The summed E-state index contributed by atoms with van der Waals surface area (Å²) in [6.45, 7) is 3.32. The molecule has 0 heterocycles. The van der Waals surface area contributed by atoms with Crippen molar-refractivity contribution >= 4 is 5.91 Å². The highest BCUT2D eigenvalue weighted by molar-refractivity contribution is 5.76. The van der Waals surface area contributed by atoms with E-state index in [1.54, 1.807) is 0 Å². The normalized spacial score (nSPS) is 25.6. The number of amides is 1. The Morgan fingerprint density at radius 1 is 1.50 bits per heavy atom. The molecule has 0 radical (unpaired) electrons. The Morgan fingerprint density at radius 3 is 2.79 bits per heavy atom. The lowest BCUT2D eigenvalue weighted by Gasteiger charge is -2.32. The molecule has 1 saturated carbocycles. The summed E-state index contributed by atoms with van der Waals surface area (Å²) in [5, 5.41) is 2.92. The Morgan fingerprint density at radius 2 is 2.21 bits per heavy atom. The van der Waals surface area contributed by atoms with Gasteiger partial charge in [0.1, 0.15) is 0 Å². The summed E-state index contributed by atoms with van der Waals surface area (Å²) in [5.41, 5.74) is 5.61. The van der Waals surface area contributed by atoms with Crippen LogP contribution in [-0.4, -0.2) is 31.2 Å². The molecule has 1 aliphatic rings. The zero-order valence-corrected chi connectivity index (χ0v) is 8.79. The van der Waals surface area contributed by atoms with Crippen molar-refractivity contribution in [3.05, 3.63) is 0 Å². The van der Waals surface area contributed by atoms with E-state index in [4.69, 9.17) is 10.5 Å². The second kappa shape index (κ2) is 5.98. The van der Waals surface area contributed by atoms with E-state index in [-0.39, 0.29) is 11.9 Å². The minimum Gasteiger partial charge on any atom is -0.381 e. The molecule has 0 atom stereocenters. The van der Waals surface area contributed by atoms with E-state index in [1.807, 2.05) is 0 Å². The molecular weight excluding hydrogens is 180 g/mol. The van der Waals surface area contributed by atoms with Gasteiger partial charge in [-0.25, -0.2) is 0 Å². The van der Waals surface area contributed by atoms with E-state index in [2.05, 4.69) is 12.2 Å². The molecule has 1 aliphatic carbocycles. The first-order valence-corrected chi connectivity index (χ1v) is 5.35. The standard InChI is InChI=1S/C10H20N2O2/c1-2-4-14-5-3-10(13)12-9-6-8(11)7-9/h8-9H,2-7,11H2,1H3,(H,12,13). The monoisotopic (exact) mass is 200 g/mol. The number of nitrogens with one attached hydrogen (secondary N) is 1. The van der Waals surface area contributed by atoms with Gasteiger partial charge in [0.15, 0.2) is 0 Å². The Labute approximate surface area is 85.2 Å². The summed E-state index contributed by atoms with van der Waals surface area (Å²) in [4.78, 5) is 11.3. The van der Waals surface area contributed by atoms with E-state index in [0.717, 1.165) is 25.9 Å². The van der Waals surface area contributed by atoms with Gasteiger partial charge >= 0.3 is 0 Å². The maximum Gasteiger partial charge on any atom is 0.222 e. The molecule has 4 nitrogen and oxygen atoms in total. The maximum atomic E-state index is 11.3. The fraction of sp³-hybridized carbons (Fsp3) is 0.900. The van der Waals surface area contributed by atoms with Gasteiger partial charge in [0.2, 0.25) is 5.91 Å². The van der Waals surface area contributed by atoms with Crippen LogP contribution in [0.3, 0.4) is 0 Å². The molecule has 1 amide bonds. The van der Waals surface area contributed by atoms with Gasteiger partial charge in [-0.15, -0.1) is 0 Å². The summed E-state index contributed by atoms with van der Waals surface area (Å²) in [5.74, 6) is 0.0815. The fourth-order valence-electron chi connectivity index (χ4n) is 1.49. The highest BCUT2D eigenvalue weighted by Gasteiger charge is 2.26. The smallest absolute Gasteiger partial charge is 0.222 e. The Balaban J connectivity index is 1.94. The van der Waals surface area contributed by atoms with Crippen LogP contribution >= 0.6 is 0 Å². The molecular formula is C10H20N2O2. The second-order valence-electron chi connectivity index (χ2n) is 3.86. The zero-order valence-electron chi connectivity index (χ0n) is 8.79. The third-order valence-electron chi connectivity index (χ3n) is 2.36. The molecule has 0 saturated heterocycles. The summed E-state index contributed by atoms with van der Waals surface area (Å²) in [7, 11) is 0. The van der Waals surface area contributed by atoms with Crippen LogP contribution in [0.4, 0.5) is 0 Å². The molecule has 0 spiro atoms. The minimum absolute atomic E-state index is 0.0815. The maximum absolute atomic E-state index is 11.3. The Bertz CT molecular complexity index is 179. The third-order valence-corrected chi connectivity index (χ3v) is 2.36. The molecule has 0 aromatic carbocycles. The summed E-state index contributed by atoms with van der Waals surface area (Å²) >= 11 is 0. The first-order valence-electron chi connectivity index (χ1n) is 5.35. The zero-order chi connectivity index (χ0) is 10.4. The Hall–Kier alpha value is -0.610. The molecule has 1 fully saturated rings. The van der Waals surface area contributed by atoms with Crippen LogP contribution in [-0.2, 0) is 9.53 Å².